The van der Waals surface area contributed by atoms with Crippen LogP contribution in [0.1, 0.15) is 5.56 Å². The highest BCUT2D eigenvalue weighted by molar-refractivity contribution is 7.99. The van der Waals surface area contributed by atoms with Crippen molar-refractivity contribution in [3.8, 4) is 11.8 Å². The first-order valence-electron chi connectivity index (χ1n) is 7.23. The number of nitriles is 1. The van der Waals surface area contributed by atoms with Crippen molar-refractivity contribution < 1.29 is 4.79 Å². The molecule has 26 heavy (non-hydrogen) atoms. The van der Waals surface area contributed by atoms with E-state index in [2.05, 4.69) is 20.8 Å². The number of aromatic nitrogens is 4. The fourth-order valence-corrected chi connectivity index (χ4v) is 3.04. The molecule has 7 nitrogen and oxygen atoms in total. The van der Waals surface area contributed by atoms with E-state index in [0.29, 0.717) is 26.5 Å². The zero-order chi connectivity index (χ0) is 18.5. The Labute approximate surface area is 162 Å². The minimum Gasteiger partial charge on any atom is -0.324 e. The second-order valence-corrected chi connectivity index (χ2v) is 6.80. The molecule has 1 amide bonds. The number of benzene rings is 2. The van der Waals surface area contributed by atoms with E-state index < -0.39 is 0 Å². The number of nitrogens with zero attached hydrogens (tertiary/aromatic N) is 5. The third kappa shape index (κ3) is 4.32. The first-order chi connectivity index (χ1) is 12.6. The summed E-state index contributed by atoms with van der Waals surface area (Å²) in [5.74, 6) is -0.245. The maximum atomic E-state index is 12.2. The summed E-state index contributed by atoms with van der Waals surface area (Å²) in [5.41, 5.74) is 1.42. The highest BCUT2D eigenvalue weighted by atomic mass is 35.5. The van der Waals surface area contributed by atoms with Crippen LogP contribution in [-0.2, 0) is 4.79 Å². The highest BCUT2D eigenvalue weighted by Crippen LogP contribution is 2.22. The first kappa shape index (κ1) is 18.2. The zero-order valence-corrected chi connectivity index (χ0v) is 15.4. The van der Waals surface area contributed by atoms with Gasteiger partial charge in [-0.3, -0.25) is 4.79 Å². The predicted molar refractivity (Wildman–Crippen MR) is 99.7 cm³/mol. The topological polar surface area (TPSA) is 96.5 Å². The normalized spacial score (nSPS) is 10.3. The van der Waals surface area contributed by atoms with Gasteiger partial charge in [-0.25, -0.2) is 0 Å². The van der Waals surface area contributed by atoms with Crippen molar-refractivity contribution in [2.45, 2.75) is 5.16 Å². The van der Waals surface area contributed by atoms with Gasteiger partial charge in [0.15, 0.2) is 0 Å². The van der Waals surface area contributed by atoms with Crippen molar-refractivity contribution in [3.05, 3.63) is 58.1 Å². The van der Waals surface area contributed by atoms with Gasteiger partial charge in [0.1, 0.15) is 6.07 Å². The number of rotatable bonds is 5. The molecule has 1 N–H and O–H groups in total. The van der Waals surface area contributed by atoms with E-state index >= 15 is 0 Å². The predicted octanol–water partition coefficient (Wildman–Crippen LogP) is 3.57. The van der Waals surface area contributed by atoms with Crippen molar-refractivity contribution in [2.75, 3.05) is 11.1 Å². The molecule has 0 unspecified atom stereocenters. The molecule has 0 saturated heterocycles. The maximum absolute atomic E-state index is 12.2. The molecule has 0 saturated carbocycles. The summed E-state index contributed by atoms with van der Waals surface area (Å²) in [4.78, 5) is 12.2. The minimum absolute atomic E-state index is 0.0609. The Morgan fingerprint density at radius 1 is 1.19 bits per heavy atom. The molecule has 0 aliphatic carbocycles. The molecule has 1 heterocycles. The molecular formula is C16H10Cl2N6OS. The fraction of sp³-hybridized carbons (Fsp3) is 0.0625. The van der Waals surface area contributed by atoms with Gasteiger partial charge in [-0.15, -0.1) is 5.10 Å². The van der Waals surface area contributed by atoms with Gasteiger partial charge in [0, 0.05) is 10.0 Å². The number of carbonyl (C=O) groups excluding carboxylic acids is 1. The monoisotopic (exact) mass is 404 g/mol. The second kappa shape index (κ2) is 8.19. The Morgan fingerprint density at radius 2 is 1.92 bits per heavy atom. The van der Waals surface area contributed by atoms with Crippen molar-refractivity contribution >= 4 is 46.6 Å². The fourth-order valence-electron chi connectivity index (χ4n) is 2.05. The molecule has 0 radical (unpaired) electrons. The van der Waals surface area contributed by atoms with Crippen molar-refractivity contribution in [1.82, 2.24) is 20.2 Å². The number of hydrogen-bond donors (Lipinski definition) is 1. The van der Waals surface area contributed by atoms with Gasteiger partial charge in [-0.2, -0.15) is 9.94 Å². The van der Waals surface area contributed by atoms with Crippen LogP contribution in [0.25, 0.3) is 5.69 Å². The number of anilines is 1. The van der Waals surface area contributed by atoms with Crippen LogP contribution in [0.4, 0.5) is 5.69 Å². The molecule has 3 rings (SSSR count). The number of hydrogen-bond acceptors (Lipinski definition) is 6. The lowest BCUT2D eigenvalue weighted by atomic mass is 10.2. The number of amides is 1. The SMILES string of the molecule is N#Cc1ccc(Cl)cc1NC(=O)CSc1nnnn1-c1ccc(Cl)cc1. The second-order valence-electron chi connectivity index (χ2n) is 4.99. The average Bonchev–Trinajstić information content (AvgIpc) is 3.09. The highest BCUT2D eigenvalue weighted by Gasteiger charge is 2.13. The van der Waals surface area contributed by atoms with Gasteiger partial charge in [-0.05, 0) is 52.9 Å². The van der Waals surface area contributed by atoms with Gasteiger partial charge in [0.2, 0.25) is 11.1 Å². The van der Waals surface area contributed by atoms with Crippen LogP contribution >= 0.6 is 35.0 Å². The van der Waals surface area contributed by atoms with Crippen molar-refractivity contribution in [3.63, 3.8) is 0 Å². The van der Waals surface area contributed by atoms with Crippen LogP contribution in [0.2, 0.25) is 10.0 Å². The van der Waals surface area contributed by atoms with Crippen LogP contribution in [0, 0.1) is 11.3 Å². The summed E-state index contributed by atoms with van der Waals surface area (Å²) in [6.45, 7) is 0. The number of halogens is 2. The first-order valence-corrected chi connectivity index (χ1v) is 8.97. The lowest BCUT2D eigenvalue weighted by molar-refractivity contribution is -0.113. The Balaban J connectivity index is 1.68. The van der Waals surface area contributed by atoms with Crippen molar-refractivity contribution in [2.24, 2.45) is 0 Å². The van der Waals surface area contributed by atoms with Gasteiger partial charge >= 0.3 is 0 Å². The summed E-state index contributed by atoms with van der Waals surface area (Å²) in [6, 6.07) is 13.7. The van der Waals surface area contributed by atoms with Gasteiger partial charge < -0.3 is 5.32 Å². The summed E-state index contributed by atoms with van der Waals surface area (Å²) < 4.78 is 1.51. The van der Waals surface area contributed by atoms with E-state index in [4.69, 9.17) is 28.5 Å². The van der Waals surface area contributed by atoms with Gasteiger partial charge in [0.25, 0.3) is 0 Å². The van der Waals surface area contributed by atoms with Crippen LogP contribution < -0.4 is 5.32 Å². The van der Waals surface area contributed by atoms with E-state index in [-0.39, 0.29) is 11.7 Å². The largest absolute Gasteiger partial charge is 0.324 e. The molecule has 0 bridgehead atoms. The van der Waals surface area contributed by atoms with Gasteiger partial charge in [-0.1, -0.05) is 35.0 Å². The number of nitrogens with one attached hydrogen (secondary N) is 1. The molecule has 10 heteroatoms. The molecule has 3 aromatic rings. The molecule has 2 aromatic carbocycles. The van der Waals surface area contributed by atoms with Crippen LogP contribution in [0.5, 0.6) is 0 Å². The average molecular weight is 405 g/mol. The van der Waals surface area contributed by atoms with Crippen LogP contribution in [0.3, 0.4) is 0 Å². The van der Waals surface area contributed by atoms with E-state index in [1.54, 1.807) is 36.4 Å². The molecule has 0 aliphatic rings. The molecular weight excluding hydrogens is 395 g/mol. The maximum Gasteiger partial charge on any atom is 0.234 e. The lowest BCUT2D eigenvalue weighted by Gasteiger charge is -2.07. The summed E-state index contributed by atoms with van der Waals surface area (Å²) >= 11 is 13.0. The van der Waals surface area contributed by atoms with Crippen LogP contribution in [-0.4, -0.2) is 31.9 Å². The van der Waals surface area contributed by atoms with E-state index in [1.807, 2.05) is 6.07 Å². The lowest BCUT2D eigenvalue weighted by Crippen LogP contribution is -2.15. The molecule has 0 aliphatic heterocycles. The number of tetrazole rings is 1. The Bertz CT molecular complexity index is 983. The summed E-state index contributed by atoms with van der Waals surface area (Å²) in [6.07, 6.45) is 0. The molecule has 1 aromatic heterocycles. The quantitative estimate of drug-likeness (QED) is 0.652. The summed E-state index contributed by atoms with van der Waals surface area (Å²) in [7, 11) is 0. The Kier molecular flexibility index (Phi) is 5.73. The van der Waals surface area contributed by atoms with E-state index in [0.717, 1.165) is 17.4 Å². The number of carbonyl (C=O) groups is 1. The Hall–Kier alpha value is -2.60. The van der Waals surface area contributed by atoms with Gasteiger partial charge in [0.05, 0.1) is 22.7 Å². The number of thioether (sulfide) groups is 1. The van der Waals surface area contributed by atoms with E-state index in [9.17, 15) is 4.79 Å². The molecule has 0 spiro atoms. The standard InChI is InChI=1S/C16H10Cl2N6OS/c17-11-3-5-13(6-4-11)24-16(21-22-23-24)26-9-15(25)20-14-7-12(18)2-1-10(14)8-19/h1-7H,9H2,(H,20,25). The third-order valence-electron chi connectivity index (χ3n) is 3.22. The van der Waals surface area contributed by atoms with E-state index in [1.165, 1.54) is 10.7 Å². The zero-order valence-electron chi connectivity index (χ0n) is 13.1. The van der Waals surface area contributed by atoms with Crippen LogP contribution in [0.15, 0.2) is 47.6 Å². The molecule has 0 atom stereocenters. The smallest absolute Gasteiger partial charge is 0.234 e. The summed E-state index contributed by atoms with van der Waals surface area (Å²) in [5, 5.41) is 24.7. The molecule has 0 fully saturated rings. The third-order valence-corrected chi connectivity index (χ3v) is 4.63. The Morgan fingerprint density at radius 3 is 2.65 bits per heavy atom. The minimum atomic E-state index is -0.306. The molecule has 130 valence electrons. The van der Waals surface area contributed by atoms with Crippen molar-refractivity contribution in [1.29, 1.82) is 5.26 Å².